The first-order valence-electron chi connectivity index (χ1n) is 7.99. The molecule has 0 fully saturated rings. The van der Waals surface area contributed by atoms with Crippen LogP contribution in [0, 0.1) is 0 Å². The maximum absolute atomic E-state index is 13.0. The van der Waals surface area contributed by atoms with Gasteiger partial charge in [0.05, 0.1) is 31.1 Å². The van der Waals surface area contributed by atoms with Crippen molar-refractivity contribution in [3.63, 3.8) is 0 Å². The van der Waals surface area contributed by atoms with Crippen LogP contribution >= 0.6 is 23.4 Å². The van der Waals surface area contributed by atoms with Gasteiger partial charge in [-0.05, 0) is 24.5 Å². The van der Waals surface area contributed by atoms with E-state index in [1.165, 1.54) is 26.0 Å². The van der Waals surface area contributed by atoms with E-state index >= 15 is 0 Å². The van der Waals surface area contributed by atoms with Crippen LogP contribution in [-0.2, 0) is 0 Å². The number of para-hydroxylation sites is 1. The molecule has 27 heavy (non-hydrogen) atoms. The number of ether oxygens (including phenoxy) is 2. The van der Waals surface area contributed by atoms with Crippen molar-refractivity contribution in [1.29, 1.82) is 0 Å². The Morgan fingerprint density at radius 2 is 1.85 bits per heavy atom. The normalized spacial score (nSPS) is 10.5. The number of nitrogens with zero attached hydrogens (tertiary/aromatic N) is 2. The predicted molar refractivity (Wildman–Crippen MR) is 108 cm³/mol. The van der Waals surface area contributed by atoms with Crippen molar-refractivity contribution >= 4 is 35.0 Å². The van der Waals surface area contributed by atoms with Crippen LogP contribution in [0.25, 0.3) is 5.69 Å². The van der Waals surface area contributed by atoms with Crippen LogP contribution < -0.4 is 14.8 Å². The second-order valence-electron chi connectivity index (χ2n) is 5.44. The number of halogens is 1. The van der Waals surface area contributed by atoms with Gasteiger partial charge in [0.15, 0.2) is 5.16 Å². The average Bonchev–Trinajstić information content (AvgIpc) is 3.13. The Bertz CT molecular complexity index is 960. The van der Waals surface area contributed by atoms with E-state index in [4.69, 9.17) is 21.1 Å². The number of carbonyl (C=O) groups is 1. The minimum atomic E-state index is -0.328. The van der Waals surface area contributed by atoms with Crippen molar-refractivity contribution in [3.05, 3.63) is 59.4 Å². The van der Waals surface area contributed by atoms with Crippen molar-refractivity contribution in [1.82, 2.24) is 9.55 Å². The quantitative estimate of drug-likeness (QED) is 0.613. The summed E-state index contributed by atoms with van der Waals surface area (Å²) in [4.78, 5) is 17.3. The molecule has 1 N–H and O–H groups in total. The third-order valence-electron chi connectivity index (χ3n) is 3.88. The second-order valence-corrected chi connectivity index (χ2v) is 6.62. The second kappa shape index (κ2) is 8.37. The molecule has 0 spiro atoms. The van der Waals surface area contributed by atoms with Crippen molar-refractivity contribution in [2.75, 3.05) is 25.8 Å². The number of nitrogens with one attached hydrogen (secondary N) is 1. The Labute approximate surface area is 166 Å². The third kappa shape index (κ3) is 3.89. The number of anilines is 1. The van der Waals surface area contributed by atoms with Crippen LogP contribution in [-0.4, -0.2) is 35.9 Å². The molecule has 6 nitrogen and oxygen atoms in total. The summed E-state index contributed by atoms with van der Waals surface area (Å²) in [6.45, 7) is 0. The summed E-state index contributed by atoms with van der Waals surface area (Å²) < 4.78 is 12.3. The highest BCUT2D eigenvalue weighted by molar-refractivity contribution is 7.98. The molecule has 8 heteroatoms. The van der Waals surface area contributed by atoms with Crippen LogP contribution in [0.5, 0.6) is 11.5 Å². The standard InChI is InChI=1S/C19H18ClN3O3S/c1-25-16-10-17(26-2)14(9-13(16)20)22-18(24)15-11-21-19(27-3)23(15)12-7-5-4-6-8-12/h4-11H,1-3H3,(H,22,24). The van der Waals surface area contributed by atoms with Crippen molar-refractivity contribution in [3.8, 4) is 17.2 Å². The molecule has 1 aromatic heterocycles. The van der Waals surface area contributed by atoms with E-state index in [0.717, 1.165) is 5.69 Å². The summed E-state index contributed by atoms with van der Waals surface area (Å²) in [5.41, 5.74) is 1.70. The highest BCUT2D eigenvalue weighted by Crippen LogP contribution is 2.36. The Balaban J connectivity index is 1.99. The lowest BCUT2D eigenvalue weighted by atomic mass is 10.2. The third-order valence-corrected chi connectivity index (χ3v) is 4.83. The molecule has 0 aliphatic heterocycles. The average molecular weight is 404 g/mol. The van der Waals surface area contributed by atoms with Crippen molar-refractivity contribution < 1.29 is 14.3 Å². The minimum absolute atomic E-state index is 0.328. The number of hydrogen-bond donors (Lipinski definition) is 1. The fourth-order valence-electron chi connectivity index (χ4n) is 2.61. The lowest BCUT2D eigenvalue weighted by Gasteiger charge is -2.14. The SMILES string of the molecule is COc1cc(OC)c(NC(=O)c2cnc(SC)n2-c2ccccc2)cc1Cl. The van der Waals surface area contributed by atoms with Gasteiger partial charge in [-0.1, -0.05) is 41.6 Å². The van der Waals surface area contributed by atoms with Gasteiger partial charge in [0.25, 0.3) is 5.91 Å². The molecule has 0 atom stereocenters. The zero-order chi connectivity index (χ0) is 19.4. The van der Waals surface area contributed by atoms with Gasteiger partial charge < -0.3 is 14.8 Å². The molecule has 0 saturated heterocycles. The maximum atomic E-state index is 13.0. The summed E-state index contributed by atoms with van der Waals surface area (Å²) in [5, 5.41) is 3.93. The molecule has 1 amide bonds. The van der Waals surface area contributed by atoms with E-state index in [1.807, 2.05) is 36.6 Å². The van der Waals surface area contributed by atoms with E-state index in [9.17, 15) is 4.79 Å². The first kappa shape index (κ1) is 19.1. The highest BCUT2D eigenvalue weighted by atomic mass is 35.5. The molecule has 0 saturated carbocycles. The number of rotatable bonds is 6. The van der Waals surface area contributed by atoms with Crippen LogP contribution in [0.4, 0.5) is 5.69 Å². The number of imidazole rings is 1. The number of amides is 1. The Morgan fingerprint density at radius 3 is 2.48 bits per heavy atom. The Morgan fingerprint density at radius 1 is 1.15 bits per heavy atom. The predicted octanol–water partition coefficient (Wildman–Crippen LogP) is 4.52. The fraction of sp³-hybridized carbons (Fsp3) is 0.158. The summed E-state index contributed by atoms with van der Waals surface area (Å²) in [7, 11) is 3.03. The molecule has 3 rings (SSSR count). The van der Waals surface area contributed by atoms with Crippen LogP contribution in [0.3, 0.4) is 0 Å². The van der Waals surface area contributed by atoms with Crippen LogP contribution in [0.15, 0.2) is 53.8 Å². The largest absolute Gasteiger partial charge is 0.495 e. The zero-order valence-corrected chi connectivity index (χ0v) is 16.6. The first-order chi connectivity index (χ1) is 13.1. The van der Waals surface area contributed by atoms with Crippen LogP contribution in [0.2, 0.25) is 5.02 Å². The lowest BCUT2D eigenvalue weighted by molar-refractivity contribution is 0.101. The van der Waals surface area contributed by atoms with Gasteiger partial charge in [-0.2, -0.15) is 0 Å². The number of benzene rings is 2. The van der Waals surface area contributed by atoms with Gasteiger partial charge in [-0.15, -0.1) is 0 Å². The van der Waals surface area contributed by atoms with Gasteiger partial charge in [0, 0.05) is 11.8 Å². The van der Waals surface area contributed by atoms with Gasteiger partial charge in [-0.3, -0.25) is 9.36 Å². The minimum Gasteiger partial charge on any atom is -0.495 e. The number of methoxy groups -OCH3 is 2. The molecule has 3 aromatic rings. The molecule has 0 aliphatic rings. The van der Waals surface area contributed by atoms with E-state index in [0.29, 0.717) is 33.1 Å². The van der Waals surface area contributed by atoms with E-state index in [1.54, 1.807) is 22.9 Å². The molecular weight excluding hydrogens is 386 g/mol. The van der Waals surface area contributed by atoms with Crippen LogP contribution in [0.1, 0.15) is 10.5 Å². The van der Waals surface area contributed by atoms with E-state index in [2.05, 4.69) is 10.3 Å². The van der Waals surface area contributed by atoms with Crippen molar-refractivity contribution in [2.24, 2.45) is 0 Å². The van der Waals surface area contributed by atoms with Gasteiger partial charge in [0.2, 0.25) is 0 Å². The van der Waals surface area contributed by atoms with Gasteiger partial charge in [0.1, 0.15) is 17.2 Å². The molecule has 140 valence electrons. The van der Waals surface area contributed by atoms with Gasteiger partial charge >= 0.3 is 0 Å². The molecule has 0 unspecified atom stereocenters. The number of carbonyl (C=O) groups excluding carboxylic acids is 1. The van der Waals surface area contributed by atoms with E-state index in [-0.39, 0.29) is 5.91 Å². The zero-order valence-electron chi connectivity index (χ0n) is 15.0. The molecule has 0 radical (unpaired) electrons. The monoisotopic (exact) mass is 403 g/mol. The topological polar surface area (TPSA) is 65.4 Å². The molecule has 2 aromatic carbocycles. The Hall–Kier alpha value is -2.64. The van der Waals surface area contributed by atoms with Crippen molar-refractivity contribution in [2.45, 2.75) is 5.16 Å². The summed E-state index contributed by atoms with van der Waals surface area (Å²) >= 11 is 7.65. The Kier molecular flexibility index (Phi) is 5.93. The summed E-state index contributed by atoms with van der Waals surface area (Å²) in [5.74, 6) is 0.581. The summed E-state index contributed by atoms with van der Waals surface area (Å²) in [6, 6.07) is 12.8. The highest BCUT2D eigenvalue weighted by Gasteiger charge is 2.20. The molecule has 0 aliphatic carbocycles. The number of thioether (sulfide) groups is 1. The maximum Gasteiger partial charge on any atom is 0.274 e. The molecule has 1 heterocycles. The molecule has 0 bridgehead atoms. The smallest absolute Gasteiger partial charge is 0.274 e. The first-order valence-corrected chi connectivity index (χ1v) is 9.59. The number of hydrogen-bond acceptors (Lipinski definition) is 5. The molecular formula is C19H18ClN3O3S. The van der Waals surface area contributed by atoms with E-state index < -0.39 is 0 Å². The van der Waals surface area contributed by atoms with Gasteiger partial charge in [-0.25, -0.2) is 4.98 Å². The fourth-order valence-corrected chi connectivity index (χ4v) is 3.39. The lowest BCUT2D eigenvalue weighted by Crippen LogP contribution is -2.17. The summed E-state index contributed by atoms with van der Waals surface area (Å²) in [6.07, 6.45) is 3.46. The number of aromatic nitrogens is 2.